The summed E-state index contributed by atoms with van der Waals surface area (Å²) >= 11 is 3.59. The van der Waals surface area contributed by atoms with E-state index in [4.69, 9.17) is 0 Å². The largest absolute Gasteiger partial charge is 0.308 e. The van der Waals surface area contributed by atoms with Crippen molar-refractivity contribution in [1.82, 2.24) is 25.2 Å². The smallest absolute Gasteiger partial charge is 0.153 e. The number of halogens is 1. The van der Waals surface area contributed by atoms with Gasteiger partial charge in [0.25, 0.3) is 0 Å². The molecule has 118 valence electrons. The molecule has 3 rings (SSSR count). The van der Waals surface area contributed by atoms with Crippen LogP contribution in [0.15, 0.2) is 4.60 Å². The molecule has 0 aromatic carbocycles. The summed E-state index contributed by atoms with van der Waals surface area (Å²) in [6.07, 6.45) is 6.45. The van der Waals surface area contributed by atoms with Crippen LogP contribution in [0.5, 0.6) is 0 Å². The van der Waals surface area contributed by atoms with Crippen LogP contribution >= 0.6 is 15.9 Å². The summed E-state index contributed by atoms with van der Waals surface area (Å²) in [6, 6.07) is 1.88. The van der Waals surface area contributed by atoms with Gasteiger partial charge in [-0.2, -0.15) is 0 Å². The van der Waals surface area contributed by atoms with Gasteiger partial charge in [0.15, 0.2) is 4.60 Å². The molecular weight excluding hydrogens is 330 g/mol. The molecule has 2 bridgehead atoms. The first-order valence-electron chi connectivity index (χ1n) is 8.12. The summed E-state index contributed by atoms with van der Waals surface area (Å²) in [5.41, 5.74) is 1.21. The topological polar surface area (TPSA) is 46.0 Å². The highest BCUT2D eigenvalue weighted by atomic mass is 79.9. The fourth-order valence-corrected chi connectivity index (χ4v) is 4.76. The number of rotatable bonds is 5. The molecule has 0 radical (unpaired) electrons. The SMILES string of the molecule is CCCNC(c1c(Br)nnn1C)C1CC2CCC(C1)N2C. The molecule has 3 atom stereocenters. The van der Waals surface area contributed by atoms with Crippen LogP contribution in [-0.2, 0) is 7.05 Å². The first-order chi connectivity index (χ1) is 10.1. The molecule has 2 saturated heterocycles. The molecule has 5 nitrogen and oxygen atoms in total. The molecule has 1 aromatic heterocycles. The van der Waals surface area contributed by atoms with Gasteiger partial charge in [0, 0.05) is 19.1 Å². The number of fused-ring (bicyclic) bond motifs is 2. The number of nitrogens with one attached hydrogen (secondary N) is 1. The Balaban J connectivity index is 1.83. The Labute approximate surface area is 135 Å². The highest BCUT2D eigenvalue weighted by Gasteiger charge is 2.42. The zero-order valence-electron chi connectivity index (χ0n) is 13.2. The summed E-state index contributed by atoms with van der Waals surface area (Å²) in [7, 11) is 4.30. The van der Waals surface area contributed by atoms with Crippen molar-refractivity contribution in [2.24, 2.45) is 13.0 Å². The third kappa shape index (κ3) is 2.90. The van der Waals surface area contributed by atoms with Gasteiger partial charge in [0.1, 0.15) is 0 Å². The Hall–Kier alpha value is -0.460. The molecule has 0 amide bonds. The number of aryl methyl sites for hydroxylation is 1. The van der Waals surface area contributed by atoms with Gasteiger partial charge in [-0.1, -0.05) is 12.1 Å². The van der Waals surface area contributed by atoms with Gasteiger partial charge < -0.3 is 10.2 Å². The Morgan fingerprint density at radius 1 is 1.29 bits per heavy atom. The molecular formula is C15H26BrN5. The van der Waals surface area contributed by atoms with Gasteiger partial charge in [-0.3, -0.25) is 0 Å². The van der Waals surface area contributed by atoms with Crippen LogP contribution in [0, 0.1) is 5.92 Å². The lowest BCUT2D eigenvalue weighted by Crippen LogP contribution is -2.44. The fraction of sp³-hybridized carbons (Fsp3) is 0.867. The second kappa shape index (κ2) is 6.34. The number of hydrogen-bond acceptors (Lipinski definition) is 4. The molecule has 3 unspecified atom stereocenters. The summed E-state index contributed by atoms with van der Waals surface area (Å²) in [6.45, 7) is 3.27. The Morgan fingerprint density at radius 3 is 2.48 bits per heavy atom. The lowest BCUT2D eigenvalue weighted by atomic mass is 9.83. The monoisotopic (exact) mass is 355 g/mol. The summed E-state index contributed by atoms with van der Waals surface area (Å²) in [5, 5.41) is 12.1. The maximum absolute atomic E-state index is 4.19. The maximum Gasteiger partial charge on any atom is 0.153 e. The van der Waals surface area contributed by atoms with Crippen molar-refractivity contribution >= 4 is 15.9 Å². The van der Waals surface area contributed by atoms with Gasteiger partial charge >= 0.3 is 0 Å². The molecule has 1 N–H and O–H groups in total. The lowest BCUT2D eigenvalue weighted by molar-refractivity contribution is 0.110. The lowest BCUT2D eigenvalue weighted by Gasteiger charge is -2.40. The Bertz CT molecular complexity index is 455. The van der Waals surface area contributed by atoms with E-state index in [1.165, 1.54) is 31.4 Å². The normalized spacial score (nSPS) is 30.8. The van der Waals surface area contributed by atoms with Crippen molar-refractivity contribution < 1.29 is 0 Å². The minimum absolute atomic E-state index is 0.358. The third-order valence-electron chi connectivity index (χ3n) is 5.34. The molecule has 2 fully saturated rings. The molecule has 1 aromatic rings. The highest BCUT2D eigenvalue weighted by molar-refractivity contribution is 9.10. The number of aromatic nitrogens is 3. The predicted octanol–water partition coefficient (Wildman–Crippen LogP) is 2.49. The second-order valence-corrected chi connectivity index (χ2v) is 7.35. The standard InChI is InChI=1S/C15H26BrN5/c1-4-7-17-13(14-15(16)18-19-21(14)3)10-8-11-5-6-12(9-10)20(11)2/h10-13,17H,4-9H2,1-3H3. The van der Waals surface area contributed by atoms with Crippen LogP contribution in [-0.4, -0.2) is 45.6 Å². The number of piperidine rings is 1. The van der Waals surface area contributed by atoms with E-state index in [-0.39, 0.29) is 0 Å². The van der Waals surface area contributed by atoms with E-state index in [9.17, 15) is 0 Å². The van der Waals surface area contributed by atoms with Crippen molar-refractivity contribution in [2.75, 3.05) is 13.6 Å². The summed E-state index contributed by atoms with van der Waals surface area (Å²) in [4.78, 5) is 2.60. The van der Waals surface area contributed by atoms with Crippen molar-refractivity contribution in [1.29, 1.82) is 0 Å². The van der Waals surface area contributed by atoms with E-state index in [2.05, 4.69) is 50.4 Å². The minimum Gasteiger partial charge on any atom is -0.308 e. The molecule has 6 heteroatoms. The highest BCUT2D eigenvalue weighted by Crippen LogP contribution is 2.43. The molecule has 21 heavy (non-hydrogen) atoms. The number of nitrogens with zero attached hydrogens (tertiary/aromatic N) is 4. The predicted molar refractivity (Wildman–Crippen MR) is 87.0 cm³/mol. The van der Waals surface area contributed by atoms with E-state index in [0.29, 0.717) is 12.0 Å². The van der Waals surface area contributed by atoms with E-state index in [1.54, 1.807) is 0 Å². The zero-order chi connectivity index (χ0) is 15.0. The molecule has 2 aliphatic heterocycles. The van der Waals surface area contributed by atoms with E-state index in [1.807, 2.05) is 11.7 Å². The van der Waals surface area contributed by atoms with Gasteiger partial charge in [-0.25, -0.2) is 4.68 Å². The van der Waals surface area contributed by atoms with Gasteiger partial charge in [-0.05, 0) is 67.5 Å². The first-order valence-corrected chi connectivity index (χ1v) is 8.91. The minimum atomic E-state index is 0.358. The molecule has 0 aliphatic carbocycles. The van der Waals surface area contributed by atoms with E-state index >= 15 is 0 Å². The van der Waals surface area contributed by atoms with Crippen LogP contribution in [0.1, 0.15) is 50.8 Å². The van der Waals surface area contributed by atoms with Gasteiger partial charge in [0.2, 0.25) is 0 Å². The Kier molecular flexibility index (Phi) is 4.66. The van der Waals surface area contributed by atoms with Crippen molar-refractivity contribution in [2.45, 2.75) is 57.2 Å². The maximum atomic E-state index is 4.19. The molecule has 3 heterocycles. The van der Waals surface area contributed by atoms with Crippen molar-refractivity contribution in [3.05, 3.63) is 10.3 Å². The van der Waals surface area contributed by atoms with Crippen LogP contribution in [0.25, 0.3) is 0 Å². The number of hydrogen-bond donors (Lipinski definition) is 1. The van der Waals surface area contributed by atoms with Gasteiger partial charge in [0.05, 0.1) is 11.7 Å². The van der Waals surface area contributed by atoms with Crippen molar-refractivity contribution in [3.63, 3.8) is 0 Å². The van der Waals surface area contributed by atoms with Crippen molar-refractivity contribution in [3.8, 4) is 0 Å². The third-order valence-corrected chi connectivity index (χ3v) is 5.91. The molecule has 0 saturated carbocycles. The average Bonchev–Trinajstić information content (AvgIpc) is 2.88. The quantitative estimate of drug-likeness (QED) is 0.881. The fourth-order valence-electron chi connectivity index (χ4n) is 4.18. The molecule has 2 aliphatic rings. The summed E-state index contributed by atoms with van der Waals surface area (Å²) in [5.74, 6) is 0.679. The van der Waals surface area contributed by atoms with Crippen LogP contribution in [0.3, 0.4) is 0 Å². The van der Waals surface area contributed by atoms with Crippen LogP contribution in [0.2, 0.25) is 0 Å². The van der Waals surface area contributed by atoms with E-state index < -0.39 is 0 Å². The molecule has 0 spiro atoms. The summed E-state index contributed by atoms with van der Waals surface area (Å²) < 4.78 is 2.82. The Morgan fingerprint density at radius 2 is 1.95 bits per heavy atom. The zero-order valence-corrected chi connectivity index (χ0v) is 14.8. The van der Waals surface area contributed by atoms with E-state index in [0.717, 1.165) is 29.7 Å². The van der Waals surface area contributed by atoms with Crippen LogP contribution < -0.4 is 5.32 Å². The van der Waals surface area contributed by atoms with Gasteiger partial charge in [-0.15, -0.1) is 5.10 Å². The van der Waals surface area contributed by atoms with Crippen LogP contribution in [0.4, 0.5) is 0 Å². The average molecular weight is 356 g/mol. The second-order valence-electron chi connectivity index (χ2n) is 6.60. The first kappa shape index (κ1) is 15.4.